The number of rotatable bonds is 18. The molecule has 188 valence electrons. The summed E-state index contributed by atoms with van der Waals surface area (Å²) in [5.74, 6) is 1.76. The van der Waals surface area contributed by atoms with Crippen molar-refractivity contribution in [2.24, 2.45) is 10.2 Å². The van der Waals surface area contributed by atoms with E-state index in [1.807, 2.05) is 48.5 Å². The Kier molecular flexibility index (Phi) is 14.0. The SMILES string of the molecule is CN(C)CCCCCCOc1ccc(N=Nc2ccc(OCCCCCCN(C)C)cc2)cc1. The normalized spacial score (nSPS) is 11.6. The van der Waals surface area contributed by atoms with Gasteiger partial charge in [-0.3, -0.25) is 0 Å². The van der Waals surface area contributed by atoms with Crippen molar-refractivity contribution < 1.29 is 9.47 Å². The van der Waals surface area contributed by atoms with Gasteiger partial charge in [0.25, 0.3) is 0 Å². The number of ether oxygens (including phenoxy) is 2. The molecule has 0 radical (unpaired) electrons. The van der Waals surface area contributed by atoms with Crippen molar-refractivity contribution in [2.45, 2.75) is 51.4 Å². The van der Waals surface area contributed by atoms with Gasteiger partial charge in [0.15, 0.2) is 0 Å². The highest BCUT2D eigenvalue weighted by Crippen LogP contribution is 2.23. The average molecular weight is 469 g/mol. The van der Waals surface area contributed by atoms with Crippen molar-refractivity contribution in [2.75, 3.05) is 54.5 Å². The van der Waals surface area contributed by atoms with Crippen LogP contribution in [0.1, 0.15) is 51.4 Å². The summed E-state index contributed by atoms with van der Waals surface area (Å²) in [6.07, 6.45) is 9.61. The Hall–Kier alpha value is -2.44. The molecule has 2 aromatic carbocycles. The molecule has 0 aliphatic rings. The fourth-order valence-electron chi connectivity index (χ4n) is 3.48. The quantitative estimate of drug-likeness (QED) is 0.173. The molecular weight excluding hydrogens is 424 g/mol. The molecule has 2 aromatic rings. The number of nitrogens with zero attached hydrogens (tertiary/aromatic N) is 4. The number of hydrogen-bond donors (Lipinski definition) is 0. The highest BCUT2D eigenvalue weighted by atomic mass is 16.5. The van der Waals surface area contributed by atoms with Crippen molar-refractivity contribution in [1.82, 2.24) is 9.80 Å². The second-order valence-electron chi connectivity index (χ2n) is 9.32. The monoisotopic (exact) mass is 468 g/mol. The molecule has 0 fully saturated rings. The molecule has 0 heterocycles. The Morgan fingerprint density at radius 2 is 0.853 bits per heavy atom. The molecule has 0 saturated heterocycles. The van der Waals surface area contributed by atoms with E-state index < -0.39 is 0 Å². The largest absolute Gasteiger partial charge is 0.494 e. The standard InChI is InChI=1S/C28H44N4O2/c1-31(2)21-9-5-7-11-23-33-27-17-13-25(14-18-27)29-30-26-15-19-28(20-16-26)34-24-12-8-6-10-22-32(3)4/h13-20H,5-12,21-24H2,1-4H3. The summed E-state index contributed by atoms with van der Waals surface area (Å²) in [4.78, 5) is 4.46. The molecule has 0 spiro atoms. The van der Waals surface area contributed by atoms with Crippen molar-refractivity contribution in [3.63, 3.8) is 0 Å². The number of benzene rings is 2. The number of unbranched alkanes of at least 4 members (excludes halogenated alkanes) is 6. The van der Waals surface area contributed by atoms with Crippen molar-refractivity contribution in [3.05, 3.63) is 48.5 Å². The van der Waals surface area contributed by atoms with Gasteiger partial charge in [-0.15, -0.1) is 0 Å². The van der Waals surface area contributed by atoms with Crippen LogP contribution in [0.5, 0.6) is 11.5 Å². The molecule has 34 heavy (non-hydrogen) atoms. The molecule has 0 amide bonds. The zero-order valence-electron chi connectivity index (χ0n) is 21.7. The highest BCUT2D eigenvalue weighted by molar-refractivity contribution is 5.44. The van der Waals surface area contributed by atoms with Gasteiger partial charge in [-0.2, -0.15) is 10.2 Å². The summed E-state index contributed by atoms with van der Waals surface area (Å²) in [6.45, 7) is 3.83. The lowest BCUT2D eigenvalue weighted by Gasteiger charge is -2.09. The van der Waals surface area contributed by atoms with Crippen molar-refractivity contribution in [3.8, 4) is 11.5 Å². The predicted octanol–water partition coefficient (Wildman–Crippen LogP) is 7.10. The first kappa shape index (κ1) is 27.8. The maximum absolute atomic E-state index is 5.83. The minimum absolute atomic E-state index is 0.758. The van der Waals surface area contributed by atoms with E-state index in [2.05, 4.69) is 48.2 Å². The smallest absolute Gasteiger partial charge is 0.119 e. The Labute approximate surface area is 207 Å². The van der Waals surface area contributed by atoms with Crippen LogP contribution in [0.25, 0.3) is 0 Å². The Bertz CT molecular complexity index is 722. The van der Waals surface area contributed by atoms with Crippen LogP contribution in [0.3, 0.4) is 0 Å². The van der Waals surface area contributed by atoms with E-state index in [1.165, 1.54) is 38.5 Å². The van der Waals surface area contributed by atoms with Gasteiger partial charge >= 0.3 is 0 Å². The molecule has 0 N–H and O–H groups in total. The molecule has 0 aliphatic carbocycles. The van der Waals surface area contributed by atoms with Crippen molar-refractivity contribution in [1.29, 1.82) is 0 Å². The zero-order valence-corrected chi connectivity index (χ0v) is 21.7. The molecule has 2 rings (SSSR count). The van der Waals surface area contributed by atoms with E-state index in [4.69, 9.17) is 9.47 Å². The second kappa shape index (κ2) is 17.1. The zero-order chi connectivity index (χ0) is 24.4. The molecule has 0 atom stereocenters. The number of hydrogen-bond acceptors (Lipinski definition) is 6. The number of azo groups is 1. The van der Waals surface area contributed by atoms with E-state index in [1.54, 1.807) is 0 Å². The van der Waals surface area contributed by atoms with Crippen LogP contribution < -0.4 is 9.47 Å². The first-order valence-electron chi connectivity index (χ1n) is 12.7. The minimum Gasteiger partial charge on any atom is -0.494 e. The fourth-order valence-corrected chi connectivity index (χ4v) is 3.48. The van der Waals surface area contributed by atoms with Gasteiger partial charge in [-0.1, -0.05) is 25.7 Å². The van der Waals surface area contributed by atoms with E-state index in [0.29, 0.717) is 0 Å². The Morgan fingerprint density at radius 3 is 1.21 bits per heavy atom. The van der Waals surface area contributed by atoms with E-state index in [0.717, 1.165) is 62.0 Å². The summed E-state index contributed by atoms with van der Waals surface area (Å²) in [5.41, 5.74) is 1.62. The summed E-state index contributed by atoms with van der Waals surface area (Å²) in [7, 11) is 8.48. The molecule has 0 aromatic heterocycles. The van der Waals surface area contributed by atoms with Gasteiger partial charge in [0.2, 0.25) is 0 Å². The summed E-state index contributed by atoms with van der Waals surface area (Å²) in [5, 5.41) is 8.66. The molecule has 6 heteroatoms. The van der Waals surface area contributed by atoms with Crippen LogP contribution in [0.4, 0.5) is 11.4 Å². The highest BCUT2D eigenvalue weighted by Gasteiger charge is 1.99. The topological polar surface area (TPSA) is 49.7 Å². The molecule has 6 nitrogen and oxygen atoms in total. The lowest BCUT2D eigenvalue weighted by Crippen LogP contribution is -2.12. The summed E-state index contributed by atoms with van der Waals surface area (Å²) >= 11 is 0. The molecule has 0 bridgehead atoms. The third-order valence-electron chi connectivity index (χ3n) is 5.49. The van der Waals surface area contributed by atoms with Gasteiger partial charge in [-0.05, 0) is 115 Å². The predicted molar refractivity (Wildman–Crippen MR) is 142 cm³/mol. The first-order chi connectivity index (χ1) is 16.5. The molecule has 0 aliphatic heterocycles. The fraction of sp³-hybridized carbons (Fsp3) is 0.571. The van der Waals surface area contributed by atoms with Gasteiger partial charge in [0.1, 0.15) is 11.5 Å². The Balaban J connectivity index is 1.61. The summed E-state index contributed by atoms with van der Waals surface area (Å²) in [6, 6.07) is 15.6. The minimum atomic E-state index is 0.758. The van der Waals surface area contributed by atoms with Crippen LogP contribution in [-0.2, 0) is 0 Å². The lowest BCUT2D eigenvalue weighted by molar-refractivity contribution is 0.302. The third-order valence-corrected chi connectivity index (χ3v) is 5.49. The van der Waals surface area contributed by atoms with E-state index >= 15 is 0 Å². The van der Waals surface area contributed by atoms with Crippen LogP contribution in [0.2, 0.25) is 0 Å². The summed E-state index contributed by atoms with van der Waals surface area (Å²) < 4.78 is 11.7. The van der Waals surface area contributed by atoms with Gasteiger partial charge in [0, 0.05) is 0 Å². The van der Waals surface area contributed by atoms with Crippen LogP contribution in [0, 0.1) is 0 Å². The molecular formula is C28H44N4O2. The van der Waals surface area contributed by atoms with Gasteiger partial charge in [0.05, 0.1) is 24.6 Å². The maximum Gasteiger partial charge on any atom is 0.119 e. The lowest BCUT2D eigenvalue weighted by atomic mass is 10.2. The first-order valence-corrected chi connectivity index (χ1v) is 12.7. The maximum atomic E-state index is 5.83. The average Bonchev–Trinajstić information content (AvgIpc) is 2.82. The van der Waals surface area contributed by atoms with Crippen LogP contribution in [0.15, 0.2) is 58.8 Å². The second-order valence-corrected chi connectivity index (χ2v) is 9.32. The van der Waals surface area contributed by atoms with E-state index in [9.17, 15) is 0 Å². The van der Waals surface area contributed by atoms with Crippen LogP contribution >= 0.6 is 0 Å². The molecule has 0 saturated carbocycles. The Morgan fingerprint density at radius 1 is 0.500 bits per heavy atom. The van der Waals surface area contributed by atoms with Gasteiger partial charge < -0.3 is 19.3 Å². The van der Waals surface area contributed by atoms with Crippen molar-refractivity contribution >= 4 is 11.4 Å². The third kappa shape index (κ3) is 13.3. The van der Waals surface area contributed by atoms with Crippen LogP contribution in [-0.4, -0.2) is 64.3 Å². The molecule has 0 unspecified atom stereocenters. The van der Waals surface area contributed by atoms with Gasteiger partial charge in [-0.25, -0.2) is 0 Å². The van der Waals surface area contributed by atoms with E-state index in [-0.39, 0.29) is 0 Å².